The number of thiophene rings is 1. The van der Waals surface area contributed by atoms with E-state index in [1.165, 1.54) is 29.3 Å². The van der Waals surface area contributed by atoms with Gasteiger partial charge in [0.05, 0.1) is 31.1 Å². The van der Waals surface area contributed by atoms with Gasteiger partial charge < -0.3 is 4.74 Å². The minimum absolute atomic E-state index is 0.101. The average Bonchev–Trinajstić information content (AvgIpc) is 3.15. The van der Waals surface area contributed by atoms with Crippen LogP contribution in [0.2, 0.25) is 5.02 Å². The molecule has 2 heterocycles. The number of carbonyl (C=O) groups excluding carboxylic acids is 1. The fourth-order valence-corrected chi connectivity index (χ4v) is 4.12. The van der Waals surface area contributed by atoms with Crippen LogP contribution < -0.4 is 10.3 Å². The number of methoxy groups -OCH3 is 1. The molecule has 2 aromatic carbocycles. The van der Waals surface area contributed by atoms with Crippen molar-refractivity contribution in [1.82, 2.24) is 9.55 Å². The van der Waals surface area contributed by atoms with Crippen molar-refractivity contribution in [3.8, 4) is 16.2 Å². The van der Waals surface area contributed by atoms with E-state index in [1.54, 1.807) is 36.4 Å². The number of para-hydroxylation sites is 1. The summed E-state index contributed by atoms with van der Waals surface area (Å²) in [6, 6.07) is 16.2. The monoisotopic (exact) mass is 410 g/mol. The van der Waals surface area contributed by atoms with Crippen molar-refractivity contribution in [2.75, 3.05) is 7.11 Å². The normalized spacial score (nSPS) is 10.9. The Morgan fingerprint density at radius 2 is 1.93 bits per heavy atom. The molecule has 5 nitrogen and oxygen atoms in total. The Hall–Kier alpha value is -2.96. The highest BCUT2D eigenvalue weighted by molar-refractivity contribution is 7.22. The van der Waals surface area contributed by atoms with Crippen LogP contribution in [0.4, 0.5) is 0 Å². The van der Waals surface area contributed by atoms with Crippen molar-refractivity contribution in [3.05, 3.63) is 81.9 Å². The van der Waals surface area contributed by atoms with Gasteiger partial charge in [-0.25, -0.2) is 4.98 Å². The van der Waals surface area contributed by atoms with Crippen molar-refractivity contribution in [2.45, 2.75) is 6.54 Å². The summed E-state index contributed by atoms with van der Waals surface area (Å²) in [5.74, 6) is 0.269. The zero-order valence-electron chi connectivity index (χ0n) is 14.9. The van der Waals surface area contributed by atoms with E-state index in [2.05, 4.69) is 4.98 Å². The maximum absolute atomic E-state index is 12.9. The van der Waals surface area contributed by atoms with Crippen LogP contribution in [0.25, 0.3) is 20.7 Å². The minimum atomic E-state index is -0.238. The van der Waals surface area contributed by atoms with E-state index in [4.69, 9.17) is 16.3 Å². The molecule has 0 saturated carbocycles. The van der Waals surface area contributed by atoms with E-state index in [0.29, 0.717) is 26.6 Å². The molecule has 0 saturated heterocycles. The van der Waals surface area contributed by atoms with Gasteiger partial charge in [0, 0.05) is 9.90 Å². The molecule has 4 aromatic rings. The van der Waals surface area contributed by atoms with Crippen molar-refractivity contribution in [2.24, 2.45) is 0 Å². The Bertz CT molecular complexity index is 1230. The first kappa shape index (κ1) is 18.4. The van der Waals surface area contributed by atoms with Gasteiger partial charge in [0.2, 0.25) is 0 Å². The lowest BCUT2D eigenvalue weighted by Crippen LogP contribution is -2.24. The molecule has 0 radical (unpaired) electrons. The van der Waals surface area contributed by atoms with Crippen molar-refractivity contribution < 1.29 is 9.53 Å². The summed E-state index contributed by atoms with van der Waals surface area (Å²) in [6.07, 6.45) is 1.41. The van der Waals surface area contributed by atoms with Crippen LogP contribution in [0.15, 0.2) is 65.7 Å². The summed E-state index contributed by atoms with van der Waals surface area (Å²) < 4.78 is 7.08. The number of ketones is 1. The fraction of sp³-hybridized carbons (Fsp3) is 0.0952. The average molecular weight is 411 g/mol. The topological polar surface area (TPSA) is 61.2 Å². The number of halogens is 1. The summed E-state index contributed by atoms with van der Waals surface area (Å²) in [5.41, 5.74) is 1.77. The second-order valence-corrected chi connectivity index (χ2v) is 7.62. The van der Waals surface area contributed by atoms with Gasteiger partial charge in [-0.3, -0.25) is 14.2 Å². The van der Waals surface area contributed by atoms with Crippen molar-refractivity contribution >= 4 is 38.9 Å². The van der Waals surface area contributed by atoms with Crippen molar-refractivity contribution in [1.29, 1.82) is 0 Å². The first-order chi connectivity index (χ1) is 13.6. The van der Waals surface area contributed by atoms with Gasteiger partial charge in [0.25, 0.3) is 5.56 Å². The molecule has 0 amide bonds. The van der Waals surface area contributed by atoms with Crippen LogP contribution in [0.3, 0.4) is 0 Å². The lowest BCUT2D eigenvalue weighted by atomic mass is 10.1. The van der Waals surface area contributed by atoms with Crippen LogP contribution >= 0.6 is 22.9 Å². The number of ether oxygens (including phenoxy) is 1. The Balaban J connectivity index is 1.69. The third kappa shape index (κ3) is 3.44. The standard InChI is InChI=1S/C21H15ClN2O3S/c1-27-18-5-3-2-4-15(18)17(25)11-24-12-23-16-10-19(28-20(16)21(24)26)13-6-8-14(22)9-7-13/h2-10,12H,11H2,1H3. The molecule has 0 unspecified atom stereocenters. The Morgan fingerprint density at radius 1 is 1.18 bits per heavy atom. The maximum atomic E-state index is 12.9. The number of benzene rings is 2. The van der Waals surface area contributed by atoms with E-state index in [1.807, 2.05) is 18.2 Å². The van der Waals surface area contributed by atoms with Gasteiger partial charge in [-0.1, -0.05) is 35.9 Å². The van der Waals surface area contributed by atoms with Crippen molar-refractivity contribution in [3.63, 3.8) is 0 Å². The second kappa shape index (κ2) is 7.58. The van der Waals surface area contributed by atoms with E-state index in [0.717, 1.165) is 10.4 Å². The number of rotatable bonds is 5. The zero-order valence-corrected chi connectivity index (χ0v) is 16.5. The lowest BCUT2D eigenvalue weighted by Gasteiger charge is -2.08. The van der Waals surface area contributed by atoms with Gasteiger partial charge in [-0.2, -0.15) is 0 Å². The molecular weight excluding hydrogens is 396 g/mol. The number of fused-ring (bicyclic) bond motifs is 1. The first-order valence-electron chi connectivity index (χ1n) is 8.48. The van der Waals surface area contributed by atoms with Crippen LogP contribution in [-0.2, 0) is 6.54 Å². The predicted molar refractivity (Wildman–Crippen MR) is 112 cm³/mol. The van der Waals surface area contributed by atoms with Gasteiger partial charge in [-0.05, 0) is 35.9 Å². The maximum Gasteiger partial charge on any atom is 0.271 e. The summed E-state index contributed by atoms with van der Waals surface area (Å²) in [5, 5.41) is 0.653. The third-order valence-corrected chi connectivity index (χ3v) is 5.77. The molecule has 0 spiro atoms. The molecule has 0 aliphatic heterocycles. The Kier molecular flexibility index (Phi) is 4.98. The molecule has 140 valence electrons. The van der Waals surface area contributed by atoms with E-state index >= 15 is 0 Å². The summed E-state index contributed by atoms with van der Waals surface area (Å²) in [6.45, 7) is -0.101. The Morgan fingerprint density at radius 3 is 2.68 bits per heavy atom. The predicted octanol–water partition coefficient (Wildman–Crippen LogP) is 4.67. The lowest BCUT2D eigenvalue weighted by molar-refractivity contribution is 0.0967. The number of carbonyl (C=O) groups is 1. The van der Waals surface area contributed by atoms with Gasteiger partial charge in [0.1, 0.15) is 10.4 Å². The third-order valence-electron chi connectivity index (χ3n) is 4.35. The van der Waals surface area contributed by atoms with E-state index < -0.39 is 0 Å². The highest BCUT2D eigenvalue weighted by Gasteiger charge is 2.15. The first-order valence-corrected chi connectivity index (χ1v) is 9.67. The number of nitrogens with zero attached hydrogens (tertiary/aromatic N) is 2. The highest BCUT2D eigenvalue weighted by atomic mass is 35.5. The quantitative estimate of drug-likeness (QED) is 0.448. The van der Waals surface area contributed by atoms with Crippen LogP contribution in [-0.4, -0.2) is 22.4 Å². The molecular formula is C21H15ClN2O3S. The number of Topliss-reactive ketones (excluding diaryl/α,β-unsaturated/α-hetero) is 1. The second-order valence-electron chi connectivity index (χ2n) is 6.13. The van der Waals surface area contributed by atoms with Gasteiger partial charge in [-0.15, -0.1) is 11.3 Å². The molecule has 7 heteroatoms. The minimum Gasteiger partial charge on any atom is -0.496 e. The summed E-state index contributed by atoms with van der Waals surface area (Å²) in [4.78, 5) is 30.8. The van der Waals surface area contributed by atoms with Crippen LogP contribution in [0, 0.1) is 0 Å². The number of hydrogen-bond donors (Lipinski definition) is 0. The molecule has 0 atom stereocenters. The molecule has 0 aliphatic carbocycles. The van der Waals surface area contributed by atoms with Gasteiger partial charge >= 0.3 is 0 Å². The smallest absolute Gasteiger partial charge is 0.271 e. The Labute approximate surface area is 169 Å². The number of aromatic nitrogens is 2. The summed E-state index contributed by atoms with van der Waals surface area (Å²) in [7, 11) is 1.51. The van der Waals surface area contributed by atoms with Gasteiger partial charge in [0.15, 0.2) is 5.78 Å². The molecule has 2 aromatic heterocycles. The number of hydrogen-bond acceptors (Lipinski definition) is 5. The molecule has 28 heavy (non-hydrogen) atoms. The molecule has 0 N–H and O–H groups in total. The van der Waals surface area contributed by atoms with E-state index in [9.17, 15) is 9.59 Å². The SMILES string of the molecule is COc1ccccc1C(=O)Cn1cnc2cc(-c3ccc(Cl)cc3)sc2c1=O. The van der Waals surface area contributed by atoms with Crippen LogP contribution in [0.1, 0.15) is 10.4 Å². The molecule has 0 aliphatic rings. The molecule has 0 fully saturated rings. The van der Waals surface area contributed by atoms with Crippen LogP contribution in [0.5, 0.6) is 5.75 Å². The summed E-state index contributed by atoms with van der Waals surface area (Å²) >= 11 is 7.29. The molecule has 4 rings (SSSR count). The highest BCUT2D eigenvalue weighted by Crippen LogP contribution is 2.31. The molecule has 0 bridgehead atoms. The zero-order chi connectivity index (χ0) is 19.7. The fourth-order valence-electron chi connectivity index (χ4n) is 2.93. The van der Waals surface area contributed by atoms with E-state index in [-0.39, 0.29) is 17.9 Å². The largest absolute Gasteiger partial charge is 0.496 e.